The molecule has 0 unspecified atom stereocenters. The van der Waals surface area contributed by atoms with Crippen LogP contribution >= 0.6 is 11.3 Å². The van der Waals surface area contributed by atoms with E-state index in [4.69, 9.17) is 14.5 Å². The normalized spacial score (nSPS) is 15.0. The Kier molecular flexibility index (Phi) is 7.04. The molecule has 8 nitrogen and oxygen atoms in total. The fourth-order valence-corrected chi connectivity index (χ4v) is 6.52. The molecule has 1 aliphatic rings. The zero-order chi connectivity index (χ0) is 29.5. The van der Waals surface area contributed by atoms with Crippen LogP contribution in [0.4, 0.5) is 5.69 Å². The summed E-state index contributed by atoms with van der Waals surface area (Å²) in [6, 6.07) is 20.4. The van der Waals surface area contributed by atoms with Gasteiger partial charge in [-0.3, -0.25) is 14.2 Å². The summed E-state index contributed by atoms with van der Waals surface area (Å²) in [5.74, 6) is 0.728. The molecule has 0 fully saturated rings. The van der Waals surface area contributed by atoms with Gasteiger partial charge in [0.2, 0.25) is 0 Å². The van der Waals surface area contributed by atoms with Crippen molar-refractivity contribution in [3.63, 3.8) is 0 Å². The summed E-state index contributed by atoms with van der Waals surface area (Å²) in [5, 5.41) is 4.10. The lowest BCUT2D eigenvalue weighted by atomic mass is 9.94. The summed E-state index contributed by atoms with van der Waals surface area (Å²) < 4.78 is 15.2. The highest BCUT2D eigenvalue weighted by Gasteiger charge is 2.33. The zero-order valence-electron chi connectivity index (χ0n) is 24.0. The number of rotatable bonds is 6. The number of hydrogen-bond acceptors (Lipinski definition) is 6. The van der Waals surface area contributed by atoms with Gasteiger partial charge in [0.05, 0.1) is 36.1 Å². The Morgan fingerprint density at radius 2 is 1.74 bits per heavy atom. The molecule has 3 heterocycles. The third-order valence-corrected chi connectivity index (χ3v) is 8.58. The van der Waals surface area contributed by atoms with E-state index >= 15 is 0 Å². The largest absolute Gasteiger partial charge is 0.493 e. The number of anilines is 1. The van der Waals surface area contributed by atoms with E-state index in [9.17, 15) is 9.59 Å². The maximum atomic E-state index is 14.2. The Labute approximate surface area is 246 Å². The van der Waals surface area contributed by atoms with Gasteiger partial charge >= 0.3 is 0 Å². The van der Waals surface area contributed by atoms with E-state index in [2.05, 4.69) is 5.32 Å². The van der Waals surface area contributed by atoms with Crippen molar-refractivity contribution in [2.24, 2.45) is 12.0 Å². The quantitative estimate of drug-likeness (QED) is 0.317. The molecule has 0 saturated carbocycles. The van der Waals surface area contributed by atoms with Crippen LogP contribution in [0, 0.1) is 6.92 Å². The number of aryl methyl sites for hydroxylation is 2. The van der Waals surface area contributed by atoms with Crippen molar-refractivity contribution in [3.05, 3.63) is 121 Å². The van der Waals surface area contributed by atoms with Crippen molar-refractivity contribution in [1.29, 1.82) is 0 Å². The second-order valence-corrected chi connectivity index (χ2v) is 11.2. The molecule has 0 saturated heterocycles. The summed E-state index contributed by atoms with van der Waals surface area (Å²) in [4.78, 5) is 33.4. The molecule has 6 rings (SSSR count). The molecular weight excluding hydrogens is 548 g/mol. The summed E-state index contributed by atoms with van der Waals surface area (Å²) in [5.41, 5.74) is 5.05. The molecule has 212 valence electrons. The first-order valence-corrected chi connectivity index (χ1v) is 14.3. The smallest absolute Gasteiger partial charge is 0.271 e. The van der Waals surface area contributed by atoms with Crippen LogP contribution in [0.2, 0.25) is 0 Å². The van der Waals surface area contributed by atoms with Crippen LogP contribution in [-0.4, -0.2) is 29.3 Å². The first kappa shape index (κ1) is 27.3. The molecule has 1 N–H and O–H groups in total. The number of methoxy groups -OCH3 is 2. The number of amides is 1. The van der Waals surface area contributed by atoms with E-state index in [1.54, 1.807) is 24.9 Å². The molecule has 0 spiro atoms. The van der Waals surface area contributed by atoms with Crippen LogP contribution in [0.5, 0.6) is 11.5 Å². The second-order valence-electron chi connectivity index (χ2n) is 10.2. The Balaban J connectivity index is 1.55. The van der Waals surface area contributed by atoms with Gasteiger partial charge in [0.25, 0.3) is 11.5 Å². The fourth-order valence-electron chi connectivity index (χ4n) is 5.48. The van der Waals surface area contributed by atoms with Crippen molar-refractivity contribution in [3.8, 4) is 11.5 Å². The van der Waals surface area contributed by atoms with E-state index in [1.165, 1.54) is 11.3 Å². The summed E-state index contributed by atoms with van der Waals surface area (Å²) >= 11 is 1.31. The van der Waals surface area contributed by atoms with Gasteiger partial charge in [-0.25, -0.2) is 4.99 Å². The average molecular weight is 579 g/mol. The third kappa shape index (κ3) is 4.61. The van der Waals surface area contributed by atoms with Crippen molar-refractivity contribution in [2.45, 2.75) is 19.9 Å². The van der Waals surface area contributed by atoms with E-state index in [-0.39, 0.29) is 11.5 Å². The second kappa shape index (κ2) is 10.8. The maximum absolute atomic E-state index is 14.2. The van der Waals surface area contributed by atoms with E-state index in [1.807, 2.05) is 98.4 Å². The first-order valence-electron chi connectivity index (χ1n) is 13.5. The molecule has 2 aromatic heterocycles. The lowest BCUT2D eigenvalue weighted by Gasteiger charge is -2.26. The first-order chi connectivity index (χ1) is 20.3. The highest BCUT2D eigenvalue weighted by molar-refractivity contribution is 7.07. The zero-order valence-corrected chi connectivity index (χ0v) is 24.8. The molecule has 1 atom stereocenters. The van der Waals surface area contributed by atoms with Crippen molar-refractivity contribution < 1.29 is 14.3 Å². The number of benzene rings is 3. The van der Waals surface area contributed by atoms with Crippen LogP contribution in [0.25, 0.3) is 17.0 Å². The molecule has 0 bridgehead atoms. The fraction of sp³-hybridized carbons (Fsp3) is 0.182. The van der Waals surface area contributed by atoms with Crippen molar-refractivity contribution >= 4 is 39.9 Å². The number of aromatic nitrogens is 2. The maximum Gasteiger partial charge on any atom is 0.271 e. The number of thiazole rings is 1. The lowest BCUT2D eigenvalue weighted by Crippen LogP contribution is -2.40. The Morgan fingerprint density at radius 3 is 2.50 bits per heavy atom. The number of nitrogens with zero attached hydrogens (tertiary/aromatic N) is 3. The van der Waals surface area contributed by atoms with Crippen LogP contribution < -0.4 is 29.7 Å². The van der Waals surface area contributed by atoms with Crippen molar-refractivity contribution in [2.75, 3.05) is 19.5 Å². The molecule has 3 aromatic carbocycles. The number of carbonyl (C=O) groups is 1. The monoisotopic (exact) mass is 578 g/mol. The number of allylic oxidation sites excluding steroid dienone is 1. The molecule has 5 aromatic rings. The number of para-hydroxylation sites is 2. The molecule has 1 amide bonds. The van der Waals surface area contributed by atoms with Gasteiger partial charge in [0.15, 0.2) is 16.3 Å². The SMILES string of the molecule is COc1ccc([C@H]2C(C(=O)Nc3ccccc3C)=C(C)N=c3s/c(=C\c4cn(C)c5ccccc45)c(=O)n32)cc1OC. The van der Waals surface area contributed by atoms with E-state index in [0.29, 0.717) is 43.4 Å². The predicted octanol–water partition coefficient (Wildman–Crippen LogP) is 4.69. The Morgan fingerprint density at radius 1 is 1.00 bits per heavy atom. The minimum atomic E-state index is -0.736. The van der Waals surface area contributed by atoms with Crippen LogP contribution in [0.15, 0.2) is 94.0 Å². The van der Waals surface area contributed by atoms with Gasteiger partial charge < -0.3 is 19.4 Å². The van der Waals surface area contributed by atoms with Gasteiger partial charge in [0, 0.05) is 35.4 Å². The van der Waals surface area contributed by atoms with Gasteiger partial charge in [-0.1, -0.05) is 53.8 Å². The lowest BCUT2D eigenvalue weighted by molar-refractivity contribution is -0.113. The Hall–Kier alpha value is -4.89. The van der Waals surface area contributed by atoms with Gasteiger partial charge in [0.1, 0.15) is 0 Å². The van der Waals surface area contributed by atoms with E-state index in [0.717, 1.165) is 22.0 Å². The number of hydrogen-bond donors (Lipinski definition) is 1. The van der Waals surface area contributed by atoms with Gasteiger partial charge in [-0.15, -0.1) is 0 Å². The molecule has 42 heavy (non-hydrogen) atoms. The average Bonchev–Trinajstić information content (AvgIpc) is 3.48. The van der Waals surface area contributed by atoms with Crippen LogP contribution in [0.3, 0.4) is 0 Å². The molecular formula is C33H30N4O4S. The predicted molar refractivity (Wildman–Crippen MR) is 166 cm³/mol. The minimum Gasteiger partial charge on any atom is -0.493 e. The van der Waals surface area contributed by atoms with Gasteiger partial charge in [-0.2, -0.15) is 0 Å². The van der Waals surface area contributed by atoms with E-state index < -0.39 is 6.04 Å². The number of fused-ring (bicyclic) bond motifs is 2. The molecule has 0 radical (unpaired) electrons. The molecule has 1 aliphatic heterocycles. The highest BCUT2D eigenvalue weighted by atomic mass is 32.1. The molecule has 9 heteroatoms. The topological polar surface area (TPSA) is 86.9 Å². The summed E-state index contributed by atoms with van der Waals surface area (Å²) in [7, 11) is 5.12. The van der Waals surface area contributed by atoms with Crippen molar-refractivity contribution in [1.82, 2.24) is 9.13 Å². The van der Waals surface area contributed by atoms with Gasteiger partial charge in [-0.05, 0) is 55.3 Å². The standard InChI is InChI=1S/C33H30N4O4S/c1-19-10-6-8-12-24(19)35-31(38)29-20(2)34-33-37(30(29)21-14-15-26(40-4)27(16-21)41-5)32(39)28(42-33)17-22-18-36(3)25-13-9-7-11-23(22)25/h6-18,30H,1-5H3,(H,35,38)/b28-17-/t30-/m0/s1. The number of nitrogens with one attached hydrogen (secondary N) is 1. The van der Waals surface area contributed by atoms with Crippen LogP contribution in [-0.2, 0) is 11.8 Å². The molecule has 0 aliphatic carbocycles. The summed E-state index contributed by atoms with van der Waals surface area (Å²) in [6.45, 7) is 3.74. The third-order valence-electron chi connectivity index (χ3n) is 7.60. The Bertz CT molecular complexity index is 2080. The summed E-state index contributed by atoms with van der Waals surface area (Å²) in [6.07, 6.45) is 3.92. The van der Waals surface area contributed by atoms with Crippen LogP contribution in [0.1, 0.15) is 29.7 Å². The number of carbonyl (C=O) groups excluding carboxylic acids is 1. The minimum absolute atomic E-state index is 0.222. The highest BCUT2D eigenvalue weighted by Crippen LogP contribution is 2.36. The number of ether oxygens (including phenoxy) is 2.